The summed E-state index contributed by atoms with van der Waals surface area (Å²) in [6.45, 7) is 5.68. The van der Waals surface area contributed by atoms with Crippen molar-refractivity contribution in [1.82, 2.24) is 10.3 Å². The molecule has 1 aromatic carbocycles. The first-order valence-electron chi connectivity index (χ1n) is 6.30. The van der Waals surface area contributed by atoms with Crippen LogP contribution in [0.5, 0.6) is 0 Å². The highest BCUT2D eigenvalue weighted by molar-refractivity contribution is 5.78. The van der Waals surface area contributed by atoms with Gasteiger partial charge in [0.05, 0.1) is 0 Å². The SMILES string of the molecule is C=CCc1ccc(-c2cc[nH]c2N2[CH]NC=C2)cc1. The van der Waals surface area contributed by atoms with E-state index in [1.807, 2.05) is 36.2 Å². The molecule has 0 amide bonds. The van der Waals surface area contributed by atoms with Crippen LogP contribution in [0, 0.1) is 6.67 Å². The maximum atomic E-state index is 3.76. The fraction of sp³-hybridized carbons (Fsp3) is 0.0625. The van der Waals surface area contributed by atoms with Crippen molar-refractivity contribution < 1.29 is 0 Å². The largest absolute Gasteiger partial charge is 0.366 e. The molecule has 0 aliphatic carbocycles. The number of hydrogen-bond donors (Lipinski definition) is 2. The molecule has 1 aromatic heterocycles. The van der Waals surface area contributed by atoms with E-state index in [0.717, 1.165) is 12.2 Å². The van der Waals surface area contributed by atoms with Gasteiger partial charge in [0.25, 0.3) is 0 Å². The van der Waals surface area contributed by atoms with Crippen molar-refractivity contribution in [3.05, 3.63) is 73.8 Å². The zero-order valence-electron chi connectivity index (χ0n) is 10.6. The van der Waals surface area contributed by atoms with Crippen molar-refractivity contribution in [3.63, 3.8) is 0 Å². The Kier molecular flexibility index (Phi) is 3.11. The number of allylic oxidation sites excluding steroid dienone is 1. The van der Waals surface area contributed by atoms with E-state index >= 15 is 0 Å². The molecule has 3 heteroatoms. The summed E-state index contributed by atoms with van der Waals surface area (Å²) in [7, 11) is 0. The van der Waals surface area contributed by atoms with Crippen LogP contribution in [-0.4, -0.2) is 4.98 Å². The number of aromatic amines is 1. The van der Waals surface area contributed by atoms with Crippen LogP contribution in [0.3, 0.4) is 0 Å². The number of H-pyrrole nitrogens is 1. The smallest absolute Gasteiger partial charge is 0.144 e. The molecule has 2 N–H and O–H groups in total. The number of anilines is 1. The van der Waals surface area contributed by atoms with Crippen LogP contribution in [0.1, 0.15) is 5.56 Å². The second-order valence-corrected chi connectivity index (χ2v) is 4.45. The molecule has 2 heterocycles. The van der Waals surface area contributed by atoms with E-state index in [2.05, 4.69) is 47.2 Å². The predicted molar refractivity (Wildman–Crippen MR) is 79.2 cm³/mol. The van der Waals surface area contributed by atoms with Crippen molar-refractivity contribution in [2.75, 3.05) is 4.90 Å². The molecular weight excluding hydrogens is 234 g/mol. The van der Waals surface area contributed by atoms with Gasteiger partial charge in [0.1, 0.15) is 12.5 Å². The minimum Gasteiger partial charge on any atom is -0.366 e. The predicted octanol–water partition coefficient (Wildman–Crippen LogP) is 3.41. The summed E-state index contributed by atoms with van der Waals surface area (Å²) >= 11 is 0. The molecule has 0 saturated heterocycles. The zero-order chi connectivity index (χ0) is 13.1. The standard InChI is InChI=1S/C16H16N3/c1-2-3-13-4-6-14(7-5-13)15-8-9-18-16(15)19-11-10-17-12-19/h2,4-12,17-18H,1,3H2. The molecule has 1 aliphatic heterocycles. The first kappa shape index (κ1) is 11.7. The molecular formula is C16H16N3. The van der Waals surface area contributed by atoms with Crippen LogP contribution < -0.4 is 10.2 Å². The average molecular weight is 250 g/mol. The number of nitrogens with zero attached hydrogens (tertiary/aromatic N) is 1. The van der Waals surface area contributed by atoms with Gasteiger partial charge in [-0.2, -0.15) is 0 Å². The number of hydrogen-bond acceptors (Lipinski definition) is 2. The van der Waals surface area contributed by atoms with E-state index in [9.17, 15) is 0 Å². The molecule has 0 spiro atoms. The minimum absolute atomic E-state index is 0.910. The molecule has 19 heavy (non-hydrogen) atoms. The van der Waals surface area contributed by atoms with E-state index in [0.29, 0.717) is 0 Å². The van der Waals surface area contributed by atoms with Crippen molar-refractivity contribution in [2.24, 2.45) is 0 Å². The first-order valence-corrected chi connectivity index (χ1v) is 6.30. The molecule has 2 aromatic rings. The highest BCUT2D eigenvalue weighted by atomic mass is 15.3. The highest BCUT2D eigenvalue weighted by Crippen LogP contribution is 2.31. The summed E-state index contributed by atoms with van der Waals surface area (Å²) < 4.78 is 0. The van der Waals surface area contributed by atoms with Crippen LogP contribution in [0.4, 0.5) is 5.82 Å². The lowest BCUT2D eigenvalue weighted by molar-refractivity contribution is 1.03. The molecule has 3 rings (SSSR count). The molecule has 0 atom stereocenters. The average Bonchev–Trinajstić information content (AvgIpc) is 3.11. The molecule has 0 bridgehead atoms. The number of benzene rings is 1. The third-order valence-electron chi connectivity index (χ3n) is 3.17. The lowest BCUT2D eigenvalue weighted by Gasteiger charge is -2.14. The summed E-state index contributed by atoms with van der Waals surface area (Å²) in [6.07, 6.45) is 8.68. The van der Waals surface area contributed by atoms with Crippen LogP contribution >= 0.6 is 0 Å². The number of nitrogens with one attached hydrogen (secondary N) is 2. The van der Waals surface area contributed by atoms with Gasteiger partial charge < -0.3 is 15.2 Å². The first-order chi connectivity index (χ1) is 9.38. The van der Waals surface area contributed by atoms with Gasteiger partial charge >= 0.3 is 0 Å². The van der Waals surface area contributed by atoms with E-state index in [4.69, 9.17) is 0 Å². The Bertz CT molecular complexity index is 593. The Labute approximate surface area is 113 Å². The quantitative estimate of drug-likeness (QED) is 0.815. The summed E-state index contributed by atoms with van der Waals surface area (Å²) in [5.74, 6) is 1.07. The van der Waals surface area contributed by atoms with Crippen molar-refractivity contribution in [3.8, 4) is 11.1 Å². The second-order valence-electron chi connectivity index (χ2n) is 4.45. The van der Waals surface area contributed by atoms with E-state index in [1.165, 1.54) is 16.7 Å². The maximum Gasteiger partial charge on any atom is 0.144 e. The molecule has 95 valence electrons. The van der Waals surface area contributed by atoms with Crippen LogP contribution in [-0.2, 0) is 6.42 Å². The third kappa shape index (κ3) is 2.27. The highest BCUT2D eigenvalue weighted by Gasteiger charge is 2.14. The molecule has 0 unspecified atom stereocenters. The Balaban J connectivity index is 1.91. The van der Waals surface area contributed by atoms with Gasteiger partial charge in [-0.25, -0.2) is 0 Å². The van der Waals surface area contributed by atoms with Gasteiger partial charge in [-0.05, 0) is 23.6 Å². The zero-order valence-corrected chi connectivity index (χ0v) is 10.6. The summed E-state index contributed by atoms with van der Waals surface area (Å²) in [6, 6.07) is 10.7. The van der Waals surface area contributed by atoms with Crippen molar-refractivity contribution in [2.45, 2.75) is 6.42 Å². The second kappa shape index (κ2) is 5.06. The molecule has 1 aliphatic rings. The Hall–Kier alpha value is -2.42. The molecule has 0 fully saturated rings. The summed E-state index contributed by atoms with van der Waals surface area (Å²) in [4.78, 5) is 5.31. The van der Waals surface area contributed by atoms with Gasteiger partial charge in [-0.3, -0.25) is 0 Å². The number of aromatic nitrogens is 1. The van der Waals surface area contributed by atoms with Crippen molar-refractivity contribution in [1.29, 1.82) is 0 Å². The van der Waals surface area contributed by atoms with Crippen LogP contribution in [0.2, 0.25) is 0 Å². The normalized spacial score (nSPS) is 13.6. The Morgan fingerprint density at radius 2 is 2.00 bits per heavy atom. The van der Waals surface area contributed by atoms with E-state index < -0.39 is 0 Å². The van der Waals surface area contributed by atoms with Crippen LogP contribution in [0.15, 0.2) is 61.6 Å². The van der Waals surface area contributed by atoms with E-state index in [1.54, 1.807) is 0 Å². The van der Waals surface area contributed by atoms with E-state index in [-0.39, 0.29) is 0 Å². The van der Waals surface area contributed by atoms with Gasteiger partial charge in [0, 0.05) is 24.2 Å². The maximum absolute atomic E-state index is 3.76. The monoisotopic (exact) mass is 250 g/mol. The minimum atomic E-state index is 0.910. The van der Waals surface area contributed by atoms with Gasteiger partial charge in [0.15, 0.2) is 0 Å². The third-order valence-corrected chi connectivity index (χ3v) is 3.17. The van der Waals surface area contributed by atoms with Gasteiger partial charge in [-0.1, -0.05) is 30.3 Å². The summed E-state index contributed by atoms with van der Waals surface area (Å²) in [5.41, 5.74) is 3.68. The Morgan fingerprint density at radius 3 is 2.68 bits per heavy atom. The van der Waals surface area contributed by atoms with Crippen molar-refractivity contribution >= 4 is 5.82 Å². The Morgan fingerprint density at radius 1 is 1.16 bits per heavy atom. The molecule has 3 nitrogen and oxygen atoms in total. The lowest BCUT2D eigenvalue weighted by Crippen LogP contribution is -2.13. The summed E-state index contributed by atoms with van der Waals surface area (Å²) in [5, 5.41) is 3.05. The van der Waals surface area contributed by atoms with Gasteiger partial charge in [-0.15, -0.1) is 6.58 Å². The topological polar surface area (TPSA) is 31.1 Å². The fourth-order valence-electron chi connectivity index (χ4n) is 2.22. The number of rotatable bonds is 4. The lowest BCUT2D eigenvalue weighted by atomic mass is 10.0. The fourth-order valence-corrected chi connectivity index (χ4v) is 2.22. The molecule has 0 saturated carbocycles. The molecule has 1 radical (unpaired) electrons. The van der Waals surface area contributed by atoms with Crippen LogP contribution in [0.25, 0.3) is 11.1 Å². The van der Waals surface area contributed by atoms with Gasteiger partial charge in [0.2, 0.25) is 0 Å².